The smallest absolute Gasteiger partial charge is 0.269 e. The van der Waals surface area contributed by atoms with Gasteiger partial charge >= 0.3 is 0 Å². The number of benzene rings is 2. The number of hydrogen-bond donors (Lipinski definition) is 3. The van der Waals surface area contributed by atoms with Gasteiger partial charge < -0.3 is 16.2 Å². The molecule has 7 heteroatoms. The third kappa shape index (κ3) is 5.94. The molecule has 0 aliphatic carbocycles. The molecule has 2 aromatic rings. The summed E-state index contributed by atoms with van der Waals surface area (Å²) in [7, 11) is 0. The zero-order valence-electron chi connectivity index (χ0n) is 14.4. The lowest BCUT2D eigenvalue weighted by Crippen LogP contribution is -2.41. The molecule has 1 amide bonds. The third-order valence-electron chi connectivity index (χ3n) is 4.10. The highest BCUT2D eigenvalue weighted by atomic mass is 16.6. The molecule has 0 saturated heterocycles. The first kappa shape index (κ1) is 19.6. The Morgan fingerprint density at radius 2 is 1.81 bits per heavy atom. The van der Waals surface area contributed by atoms with Crippen molar-refractivity contribution in [1.29, 1.82) is 0 Å². The van der Waals surface area contributed by atoms with Crippen molar-refractivity contribution in [3.05, 3.63) is 75.8 Å². The number of nitrogens with one attached hydrogen (secondary N) is 1. The van der Waals surface area contributed by atoms with Crippen molar-refractivity contribution in [3.8, 4) is 0 Å². The molecular weight excluding hydrogens is 334 g/mol. The van der Waals surface area contributed by atoms with Crippen LogP contribution in [-0.4, -0.2) is 28.5 Å². The van der Waals surface area contributed by atoms with Crippen LogP contribution in [0.1, 0.15) is 30.1 Å². The molecule has 26 heavy (non-hydrogen) atoms. The predicted octanol–water partition coefficient (Wildman–Crippen LogP) is 2.09. The highest BCUT2D eigenvalue weighted by Crippen LogP contribution is 2.19. The quantitative estimate of drug-likeness (QED) is 0.469. The number of aryl methyl sites for hydroxylation is 1. The first-order chi connectivity index (χ1) is 12.5. The maximum absolute atomic E-state index is 11.9. The van der Waals surface area contributed by atoms with Crippen molar-refractivity contribution in [2.45, 2.75) is 31.4 Å². The number of aliphatic hydroxyl groups is 1. The summed E-state index contributed by atoms with van der Waals surface area (Å²) in [6, 6.07) is 14.8. The number of non-ortho nitro benzene ring substituents is 1. The van der Waals surface area contributed by atoms with E-state index >= 15 is 0 Å². The molecule has 2 aromatic carbocycles. The van der Waals surface area contributed by atoms with Crippen LogP contribution in [-0.2, 0) is 11.2 Å². The van der Waals surface area contributed by atoms with Gasteiger partial charge in [0.25, 0.3) is 5.69 Å². The van der Waals surface area contributed by atoms with Gasteiger partial charge in [-0.2, -0.15) is 0 Å². The molecule has 7 nitrogen and oxygen atoms in total. The molecule has 2 atom stereocenters. The van der Waals surface area contributed by atoms with E-state index in [-0.39, 0.29) is 18.1 Å². The molecule has 0 radical (unpaired) electrons. The predicted molar refractivity (Wildman–Crippen MR) is 98.4 cm³/mol. The van der Waals surface area contributed by atoms with Gasteiger partial charge in [0.05, 0.1) is 17.1 Å². The number of hydrogen-bond acceptors (Lipinski definition) is 5. The largest absolute Gasteiger partial charge is 0.387 e. The van der Waals surface area contributed by atoms with E-state index in [4.69, 9.17) is 5.73 Å². The molecule has 138 valence electrons. The zero-order chi connectivity index (χ0) is 18.9. The molecule has 2 rings (SSSR count). The minimum absolute atomic E-state index is 0.0544. The van der Waals surface area contributed by atoms with Crippen LogP contribution >= 0.6 is 0 Å². The van der Waals surface area contributed by atoms with Crippen molar-refractivity contribution >= 4 is 11.6 Å². The van der Waals surface area contributed by atoms with Crippen molar-refractivity contribution in [3.63, 3.8) is 0 Å². The molecule has 0 bridgehead atoms. The summed E-state index contributed by atoms with van der Waals surface area (Å²) in [5.74, 6) is -0.118. The van der Waals surface area contributed by atoms with Gasteiger partial charge in [0, 0.05) is 25.1 Å². The Bertz CT molecular complexity index is 719. The van der Waals surface area contributed by atoms with E-state index in [1.54, 1.807) is 0 Å². The normalized spacial score (nSPS) is 13.0. The maximum atomic E-state index is 11.9. The summed E-state index contributed by atoms with van der Waals surface area (Å²) in [5.41, 5.74) is 7.52. The van der Waals surface area contributed by atoms with Gasteiger partial charge in [0.2, 0.25) is 5.91 Å². The third-order valence-corrected chi connectivity index (χ3v) is 4.10. The topological polar surface area (TPSA) is 118 Å². The number of nitro groups is 1. The summed E-state index contributed by atoms with van der Waals surface area (Å²) in [5, 5.41) is 23.6. The number of carbonyl (C=O) groups excluding carboxylic acids is 1. The van der Waals surface area contributed by atoms with E-state index in [0.29, 0.717) is 12.0 Å². The van der Waals surface area contributed by atoms with Crippen LogP contribution < -0.4 is 11.1 Å². The number of nitrogens with zero attached hydrogens (tertiary/aromatic N) is 1. The van der Waals surface area contributed by atoms with Crippen molar-refractivity contribution in [2.24, 2.45) is 5.73 Å². The second kappa shape index (κ2) is 9.65. The maximum Gasteiger partial charge on any atom is 0.269 e. The Morgan fingerprint density at radius 1 is 1.15 bits per heavy atom. The minimum Gasteiger partial charge on any atom is -0.387 e. The lowest BCUT2D eigenvalue weighted by Gasteiger charge is -2.19. The SMILES string of the molecule is N[C@@H](CNC(=O)CCCc1ccccc1)[C@@H](O)c1ccc([N+](=O)[O-])cc1. The van der Waals surface area contributed by atoms with Crippen LogP contribution in [0.25, 0.3) is 0 Å². The number of nitro benzene ring substituents is 1. The standard InChI is InChI=1S/C19H23N3O4/c20-17(19(24)15-9-11-16(12-10-15)22(25)26)13-21-18(23)8-4-7-14-5-2-1-3-6-14/h1-3,5-6,9-12,17,19,24H,4,7-8,13,20H2,(H,21,23)/t17-,19-/m0/s1. The van der Waals surface area contributed by atoms with Crippen LogP contribution in [0.5, 0.6) is 0 Å². The summed E-state index contributed by atoms with van der Waals surface area (Å²) in [6.45, 7) is 0.127. The van der Waals surface area contributed by atoms with Crippen LogP contribution in [0.15, 0.2) is 54.6 Å². The van der Waals surface area contributed by atoms with E-state index in [2.05, 4.69) is 5.32 Å². The molecule has 4 N–H and O–H groups in total. The Morgan fingerprint density at radius 3 is 2.42 bits per heavy atom. The Hall–Kier alpha value is -2.77. The van der Waals surface area contributed by atoms with Gasteiger partial charge in [-0.15, -0.1) is 0 Å². The molecule has 0 aliphatic heterocycles. The van der Waals surface area contributed by atoms with E-state index in [9.17, 15) is 20.0 Å². The van der Waals surface area contributed by atoms with Crippen molar-refractivity contribution < 1.29 is 14.8 Å². The van der Waals surface area contributed by atoms with Crippen LogP contribution in [0.2, 0.25) is 0 Å². The zero-order valence-corrected chi connectivity index (χ0v) is 14.4. The molecule has 0 aromatic heterocycles. The van der Waals surface area contributed by atoms with E-state index in [0.717, 1.165) is 12.8 Å². The molecule has 0 heterocycles. The van der Waals surface area contributed by atoms with E-state index in [1.165, 1.54) is 29.8 Å². The lowest BCUT2D eigenvalue weighted by molar-refractivity contribution is -0.384. The van der Waals surface area contributed by atoms with Gasteiger partial charge in [-0.25, -0.2) is 0 Å². The van der Waals surface area contributed by atoms with E-state index in [1.807, 2.05) is 30.3 Å². The second-order valence-corrected chi connectivity index (χ2v) is 6.10. The fourth-order valence-electron chi connectivity index (χ4n) is 2.57. The number of aliphatic hydroxyl groups excluding tert-OH is 1. The van der Waals surface area contributed by atoms with Gasteiger partial charge in [-0.3, -0.25) is 14.9 Å². The number of nitrogens with two attached hydrogens (primary N) is 1. The van der Waals surface area contributed by atoms with Crippen LogP contribution in [0.3, 0.4) is 0 Å². The average molecular weight is 357 g/mol. The van der Waals surface area contributed by atoms with Gasteiger partial charge in [-0.05, 0) is 36.1 Å². The van der Waals surface area contributed by atoms with Gasteiger partial charge in [-0.1, -0.05) is 30.3 Å². The van der Waals surface area contributed by atoms with Gasteiger partial charge in [0.1, 0.15) is 0 Å². The number of carbonyl (C=O) groups is 1. The first-order valence-electron chi connectivity index (χ1n) is 8.46. The van der Waals surface area contributed by atoms with E-state index < -0.39 is 17.1 Å². The monoisotopic (exact) mass is 357 g/mol. The minimum atomic E-state index is -1.01. The Kier molecular flexibility index (Phi) is 7.25. The highest BCUT2D eigenvalue weighted by molar-refractivity contribution is 5.75. The van der Waals surface area contributed by atoms with Crippen molar-refractivity contribution in [1.82, 2.24) is 5.32 Å². The highest BCUT2D eigenvalue weighted by Gasteiger charge is 2.18. The summed E-state index contributed by atoms with van der Waals surface area (Å²) < 4.78 is 0. The average Bonchev–Trinajstić information content (AvgIpc) is 2.66. The Labute approximate surface area is 152 Å². The molecule has 0 saturated carbocycles. The van der Waals surface area contributed by atoms with Crippen LogP contribution in [0.4, 0.5) is 5.69 Å². The molecule has 0 spiro atoms. The molecule has 0 unspecified atom stereocenters. The second-order valence-electron chi connectivity index (χ2n) is 6.10. The number of rotatable bonds is 9. The summed E-state index contributed by atoms with van der Waals surface area (Å²) in [6.07, 6.45) is 0.928. The fourth-order valence-corrected chi connectivity index (χ4v) is 2.57. The Balaban J connectivity index is 1.73. The van der Waals surface area contributed by atoms with Crippen molar-refractivity contribution in [2.75, 3.05) is 6.54 Å². The lowest BCUT2D eigenvalue weighted by atomic mass is 10.0. The number of amides is 1. The van der Waals surface area contributed by atoms with Gasteiger partial charge in [0.15, 0.2) is 0 Å². The summed E-state index contributed by atoms with van der Waals surface area (Å²) in [4.78, 5) is 22.0. The fraction of sp³-hybridized carbons (Fsp3) is 0.316. The molecule has 0 aliphatic rings. The summed E-state index contributed by atoms with van der Waals surface area (Å²) >= 11 is 0. The molecule has 0 fully saturated rings. The molecular formula is C19H23N3O4. The first-order valence-corrected chi connectivity index (χ1v) is 8.46. The van der Waals surface area contributed by atoms with Crippen LogP contribution in [0, 0.1) is 10.1 Å².